The lowest BCUT2D eigenvalue weighted by atomic mass is 10.0. The van der Waals surface area contributed by atoms with Crippen molar-refractivity contribution in [2.45, 2.75) is 26.1 Å². The van der Waals surface area contributed by atoms with Gasteiger partial charge in [-0.3, -0.25) is 19.7 Å². The van der Waals surface area contributed by atoms with Gasteiger partial charge in [0.1, 0.15) is 5.82 Å². The van der Waals surface area contributed by atoms with Gasteiger partial charge in [-0.15, -0.1) is 0 Å². The minimum atomic E-state index is -0.237. The first-order chi connectivity index (χ1) is 15.7. The number of amides is 1. The third kappa shape index (κ3) is 4.15. The predicted octanol–water partition coefficient (Wildman–Crippen LogP) is 3.10. The van der Waals surface area contributed by atoms with Crippen molar-refractivity contribution in [1.29, 1.82) is 0 Å². The van der Waals surface area contributed by atoms with Gasteiger partial charge in [-0.1, -0.05) is 30.3 Å². The average Bonchev–Trinajstić information content (AvgIpc) is 2.83. The number of nitrogens with two attached hydrogens (primary N) is 1. The van der Waals surface area contributed by atoms with Crippen molar-refractivity contribution >= 4 is 22.6 Å². The standard InChI is InChI=1S/C25H24N6O/c26-24-21(25(32)29-14-20-8-1-2-10-27-20)13-19-16-31(12-9-22(19)30-24)15-18-6-3-5-17-7-4-11-28-23(17)18/h1-8,10-11,13H,9,12,14-16H2,(H2,26,30)(H,29,32). The number of carbonyl (C=O) groups excluding carboxylic acids is 1. The zero-order valence-electron chi connectivity index (χ0n) is 17.7. The van der Waals surface area contributed by atoms with Crippen LogP contribution in [0.5, 0.6) is 0 Å². The number of aromatic nitrogens is 3. The molecule has 3 N–H and O–H groups in total. The molecule has 0 saturated carbocycles. The van der Waals surface area contributed by atoms with Crippen LogP contribution in [0.3, 0.4) is 0 Å². The van der Waals surface area contributed by atoms with Crippen LogP contribution in [-0.4, -0.2) is 32.3 Å². The number of anilines is 1. The fraction of sp³-hybridized carbons (Fsp3) is 0.200. The molecule has 0 aliphatic carbocycles. The van der Waals surface area contributed by atoms with E-state index in [9.17, 15) is 4.79 Å². The van der Waals surface area contributed by atoms with Crippen molar-refractivity contribution in [3.8, 4) is 0 Å². The minimum absolute atomic E-state index is 0.237. The van der Waals surface area contributed by atoms with Crippen molar-refractivity contribution in [2.24, 2.45) is 0 Å². The Kier molecular flexibility index (Phi) is 5.47. The lowest BCUT2D eigenvalue weighted by Crippen LogP contribution is -2.32. The molecule has 0 bridgehead atoms. The summed E-state index contributed by atoms with van der Waals surface area (Å²) in [6.45, 7) is 2.73. The first-order valence-electron chi connectivity index (χ1n) is 10.7. The van der Waals surface area contributed by atoms with E-state index in [-0.39, 0.29) is 11.7 Å². The van der Waals surface area contributed by atoms with Crippen LogP contribution in [-0.2, 0) is 26.1 Å². The van der Waals surface area contributed by atoms with Crippen molar-refractivity contribution in [2.75, 3.05) is 12.3 Å². The molecule has 1 aliphatic rings. The molecule has 5 rings (SSSR count). The summed E-state index contributed by atoms with van der Waals surface area (Å²) in [7, 11) is 0. The molecular weight excluding hydrogens is 400 g/mol. The van der Waals surface area contributed by atoms with Gasteiger partial charge < -0.3 is 11.1 Å². The van der Waals surface area contributed by atoms with E-state index in [1.54, 1.807) is 6.20 Å². The molecule has 0 atom stereocenters. The molecule has 0 unspecified atom stereocenters. The van der Waals surface area contributed by atoms with Crippen molar-refractivity contribution in [3.05, 3.63) is 95.1 Å². The molecule has 0 spiro atoms. The van der Waals surface area contributed by atoms with Gasteiger partial charge >= 0.3 is 0 Å². The van der Waals surface area contributed by atoms with Gasteiger partial charge in [-0.2, -0.15) is 0 Å². The van der Waals surface area contributed by atoms with Crippen LogP contribution in [0.25, 0.3) is 10.9 Å². The zero-order valence-corrected chi connectivity index (χ0v) is 17.7. The summed E-state index contributed by atoms with van der Waals surface area (Å²) >= 11 is 0. The molecule has 4 heterocycles. The quantitative estimate of drug-likeness (QED) is 0.511. The molecule has 0 saturated heterocycles. The smallest absolute Gasteiger partial charge is 0.255 e. The Bertz CT molecular complexity index is 1270. The fourth-order valence-corrected chi connectivity index (χ4v) is 4.17. The highest BCUT2D eigenvalue weighted by Gasteiger charge is 2.22. The van der Waals surface area contributed by atoms with Crippen LogP contribution in [0.15, 0.2) is 67.0 Å². The van der Waals surface area contributed by atoms with E-state index in [1.165, 1.54) is 5.56 Å². The monoisotopic (exact) mass is 424 g/mol. The molecule has 4 aromatic rings. The number of pyridine rings is 3. The molecule has 32 heavy (non-hydrogen) atoms. The summed E-state index contributed by atoms with van der Waals surface area (Å²) < 4.78 is 0. The predicted molar refractivity (Wildman–Crippen MR) is 124 cm³/mol. The number of hydrogen-bond acceptors (Lipinski definition) is 6. The summed E-state index contributed by atoms with van der Waals surface area (Å²) in [5.74, 6) is 0.0350. The Balaban J connectivity index is 1.33. The highest BCUT2D eigenvalue weighted by atomic mass is 16.1. The minimum Gasteiger partial charge on any atom is -0.383 e. The lowest BCUT2D eigenvalue weighted by Gasteiger charge is -2.29. The molecule has 1 aromatic carbocycles. The number of carbonyl (C=O) groups is 1. The number of nitrogen functional groups attached to an aromatic ring is 1. The second-order valence-electron chi connectivity index (χ2n) is 7.98. The molecule has 1 amide bonds. The van der Waals surface area contributed by atoms with E-state index < -0.39 is 0 Å². The van der Waals surface area contributed by atoms with E-state index in [1.807, 2.05) is 36.5 Å². The largest absolute Gasteiger partial charge is 0.383 e. The number of rotatable bonds is 5. The van der Waals surface area contributed by atoms with Crippen molar-refractivity contribution < 1.29 is 4.79 Å². The van der Waals surface area contributed by atoms with E-state index >= 15 is 0 Å². The zero-order chi connectivity index (χ0) is 21.9. The molecule has 1 aliphatic heterocycles. The maximum absolute atomic E-state index is 12.8. The van der Waals surface area contributed by atoms with Gasteiger partial charge in [0.25, 0.3) is 5.91 Å². The van der Waals surface area contributed by atoms with Gasteiger partial charge in [-0.25, -0.2) is 4.98 Å². The summed E-state index contributed by atoms with van der Waals surface area (Å²) in [5, 5.41) is 4.03. The Morgan fingerprint density at radius 2 is 1.94 bits per heavy atom. The number of hydrogen-bond donors (Lipinski definition) is 2. The molecule has 7 nitrogen and oxygen atoms in total. The van der Waals surface area contributed by atoms with E-state index in [0.29, 0.717) is 18.7 Å². The van der Waals surface area contributed by atoms with Gasteiger partial charge in [0.05, 0.1) is 23.3 Å². The van der Waals surface area contributed by atoms with E-state index in [0.717, 1.165) is 47.4 Å². The lowest BCUT2D eigenvalue weighted by molar-refractivity contribution is 0.0950. The summed E-state index contributed by atoms with van der Waals surface area (Å²) in [6, 6.07) is 17.8. The topological polar surface area (TPSA) is 97.0 Å². The molecule has 160 valence electrons. The van der Waals surface area contributed by atoms with Crippen LogP contribution in [0.1, 0.15) is 32.9 Å². The first-order valence-corrected chi connectivity index (χ1v) is 10.7. The van der Waals surface area contributed by atoms with Crippen LogP contribution in [0.2, 0.25) is 0 Å². The Morgan fingerprint density at radius 1 is 1.06 bits per heavy atom. The van der Waals surface area contributed by atoms with Gasteiger partial charge in [0.15, 0.2) is 0 Å². The maximum atomic E-state index is 12.8. The van der Waals surface area contributed by atoms with Crippen molar-refractivity contribution in [3.63, 3.8) is 0 Å². The summed E-state index contributed by atoms with van der Waals surface area (Å²) in [5.41, 5.74) is 11.6. The first kappa shape index (κ1) is 20.1. The van der Waals surface area contributed by atoms with Crippen molar-refractivity contribution in [1.82, 2.24) is 25.2 Å². The number of nitrogens with zero attached hydrogens (tertiary/aromatic N) is 4. The molecule has 0 radical (unpaired) electrons. The molecular formula is C25H24N6O. The number of fused-ring (bicyclic) bond motifs is 2. The van der Waals surface area contributed by atoms with Gasteiger partial charge in [0, 0.05) is 49.5 Å². The second kappa shape index (κ2) is 8.72. The number of benzene rings is 1. The average molecular weight is 425 g/mol. The van der Waals surface area contributed by atoms with E-state index in [4.69, 9.17) is 5.73 Å². The fourth-order valence-electron chi connectivity index (χ4n) is 4.17. The van der Waals surface area contributed by atoms with Crippen LogP contribution >= 0.6 is 0 Å². The Labute approximate surface area is 186 Å². The SMILES string of the molecule is Nc1nc2c(cc1C(=O)NCc1ccccn1)CN(Cc1cccc3cccnc13)CC2. The number of para-hydroxylation sites is 1. The molecule has 0 fully saturated rings. The molecule has 3 aromatic heterocycles. The normalized spacial score (nSPS) is 13.6. The third-order valence-electron chi connectivity index (χ3n) is 5.79. The maximum Gasteiger partial charge on any atom is 0.255 e. The Hall–Kier alpha value is -3.84. The highest BCUT2D eigenvalue weighted by Crippen LogP contribution is 2.25. The van der Waals surface area contributed by atoms with Crippen LogP contribution in [0, 0.1) is 0 Å². The molecule has 7 heteroatoms. The third-order valence-corrected chi connectivity index (χ3v) is 5.79. The second-order valence-corrected chi connectivity index (χ2v) is 7.98. The Morgan fingerprint density at radius 3 is 2.81 bits per heavy atom. The summed E-state index contributed by atoms with van der Waals surface area (Å²) in [6.07, 6.45) is 4.34. The number of nitrogens with one attached hydrogen (secondary N) is 1. The van der Waals surface area contributed by atoms with Gasteiger partial charge in [0.2, 0.25) is 0 Å². The van der Waals surface area contributed by atoms with E-state index in [2.05, 4.69) is 49.4 Å². The highest BCUT2D eigenvalue weighted by molar-refractivity contribution is 5.98. The summed E-state index contributed by atoms with van der Waals surface area (Å²) in [4.78, 5) is 28.5. The van der Waals surface area contributed by atoms with Gasteiger partial charge in [-0.05, 0) is 35.4 Å². The van der Waals surface area contributed by atoms with Crippen LogP contribution < -0.4 is 11.1 Å². The van der Waals surface area contributed by atoms with Crippen LogP contribution in [0.4, 0.5) is 5.82 Å².